The van der Waals surface area contributed by atoms with Crippen LogP contribution in [0, 0.1) is 5.92 Å². The number of Topliss-reactive ketones (excluding diaryl/α,β-unsaturated/α-hetero) is 1. The lowest BCUT2D eigenvalue weighted by Gasteiger charge is -2.39. The Morgan fingerprint density at radius 2 is 1.92 bits per heavy atom. The number of hydrogen-bond donors (Lipinski definition) is 0. The van der Waals surface area contributed by atoms with Gasteiger partial charge in [0.1, 0.15) is 5.75 Å². The van der Waals surface area contributed by atoms with Crippen LogP contribution in [0.5, 0.6) is 5.75 Å². The highest BCUT2D eigenvalue weighted by atomic mass is 16.5. The van der Waals surface area contributed by atoms with Crippen LogP contribution in [0.25, 0.3) is 0 Å². The molecule has 5 rings (SSSR count). The molecule has 24 heavy (non-hydrogen) atoms. The fraction of sp³-hybridized carbons (Fsp3) is 0.318. The van der Waals surface area contributed by atoms with E-state index >= 15 is 0 Å². The molecule has 0 unspecified atom stereocenters. The van der Waals surface area contributed by atoms with Gasteiger partial charge in [0, 0.05) is 28.9 Å². The summed E-state index contributed by atoms with van der Waals surface area (Å²) in [7, 11) is 1.71. The lowest BCUT2D eigenvalue weighted by molar-refractivity contribution is 0.0915. The second-order valence-electron chi connectivity index (χ2n) is 7.11. The Kier molecular flexibility index (Phi) is 2.97. The molecular formula is C22H20O2. The zero-order valence-electron chi connectivity index (χ0n) is 13.8. The van der Waals surface area contributed by atoms with Crippen LogP contribution < -0.4 is 4.74 Å². The van der Waals surface area contributed by atoms with Crippen molar-refractivity contribution in [1.82, 2.24) is 0 Å². The first-order valence-corrected chi connectivity index (χ1v) is 8.77. The third-order valence-electron chi connectivity index (χ3n) is 6.12. The number of hydrogen-bond acceptors (Lipinski definition) is 2. The van der Waals surface area contributed by atoms with Gasteiger partial charge in [-0.3, -0.25) is 4.79 Å². The van der Waals surface area contributed by atoms with Crippen LogP contribution in [0.4, 0.5) is 0 Å². The first-order valence-electron chi connectivity index (χ1n) is 8.77. The van der Waals surface area contributed by atoms with E-state index in [-0.39, 0.29) is 11.8 Å². The summed E-state index contributed by atoms with van der Waals surface area (Å²) >= 11 is 0. The molecule has 3 aliphatic rings. The molecule has 2 aromatic carbocycles. The summed E-state index contributed by atoms with van der Waals surface area (Å²) in [6.45, 7) is 0. The Morgan fingerprint density at radius 1 is 1.04 bits per heavy atom. The smallest absolute Gasteiger partial charge is 0.167 e. The van der Waals surface area contributed by atoms with E-state index in [1.807, 2.05) is 18.2 Å². The number of benzene rings is 2. The number of fused-ring (bicyclic) bond motifs is 7. The fourth-order valence-electron chi connectivity index (χ4n) is 5.13. The summed E-state index contributed by atoms with van der Waals surface area (Å²) in [4.78, 5) is 13.0. The fourth-order valence-corrected chi connectivity index (χ4v) is 5.13. The topological polar surface area (TPSA) is 26.3 Å². The molecule has 0 fully saturated rings. The largest absolute Gasteiger partial charge is 0.496 e. The molecule has 2 aromatic rings. The summed E-state index contributed by atoms with van der Waals surface area (Å²) in [6, 6.07) is 14.7. The third kappa shape index (κ3) is 1.74. The van der Waals surface area contributed by atoms with Gasteiger partial charge in [-0.25, -0.2) is 0 Å². The third-order valence-corrected chi connectivity index (χ3v) is 6.12. The van der Waals surface area contributed by atoms with Crippen molar-refractivity contribution in [2.24, 2.45) is 5.92 Å². The highest BCUT2D eigenvalue weighted by molar-refractivity contribution is 6.04. The molecule has 2 nitrogen and oxygen atoms in total. The lowest BCUT2D eigenvalue weighted by atomic mass is 9.64. The quantitative estimate of drug-likeness (QED) is 0.716. The zero-order valence-corrected chi connectivity index (χ0v) is 13.8. The van der Waals surface area contributed by atoms with Crippen LogP contribution in [0.3, 0.4) is 0 Å². The Bertz CT molecular complexity index is 877. The maximum absolute atomic E-state index is 13.0. The minimum Gasteiger partial charge on any atom is -0.496 e. The summed E-state index contributed by atoms with van der Waals surface area (Å²) in [5.41, 5.74) is 6.39. The Balaban J connectivity index is 1.75. The van der Waals surface area contributed by atoms with Gasteiger partial charge in [-0.1, -0.05) is 48.0 Å². The standard InChI is InChI=1S/C22H20O2/c1-24-18-8-4-7-16-20(18)21-17(22(16)23)12-11-14-10-9-13-5-2-3-6-15(13)19(14)21/h2-8,11,17,19,21H,9-10,12H2,1H3/t17-,19-,21-/m1/s1. The number of ether oxygens (including phenoxy) is 1. The van der Waals surface area contributed by atoms with Crippen molar-refractivity contribution in [3.63, 3.8) is 0 Å². The number of carbonyl (C=O) groups excluding carboxylic acids is 1. The van der Waals surface area contributed by atoms with Crippen molar-refractivity contribution in [3.8, 4) is 5.75 Å². The summed E-state index contributed by atoms with van der Waals surface area (Å²) in [6.07, 6.45) is 5.44. The van der Waals surface area contributed by atoms with Crippen molar-refractivity contribution in [2.75, 3.05) is 7.11 Å². The van der Waals surface area contributed by atoms with Crippen LogP contribution in [0.15, 0.2) is 54.1 Å². The predicted molar refractivity (Wildman–Crippen MR) is 93.8 cm³/mol. The summed E-state index contributed by atoms with van der Waals surface area (Å²) < 4.78 is 5.65. The van der Waals surface area contributed by atoms with E-state index in [9.17, 15) is 4.79 Å². The number of carbonyl (C=O) groups is 1. The Morgan fingerprint density at radius 3 is 2.79 bits per heavy atom. The minimum atomic E-state index is 0.0659. The molecule has 2 heteroatoms. The molecule has 0 amide bonds. The normalized spacial score (nSPS) is 26.8. The van der Waals surface area contributed by atoms with Gasteiger partial charge in [-0.2, -0.15) is 0 Å². The van der Waals surface area contributed by atoms with Gasteiger partial charge < -0.3 is 4.74 Å². The van der Waals surface area contributed by atoms with Crippen LogP contribution in [-0.2, 0) is 6.42 Å². The Hall–Kier alpha value is -2.35. The summed E-state index contributed by atoms with van der Waals surface area (Å²) in [5.74, 6) is 1.79. The van der Waals surface area contributed by atoms with Crippen molar-refractivity contribution in [1.29, 1.82) is 0 Å². The van der Waals surface area contributed by atoms with E-state index in [0.29, 0.717) is 11.7 Å². The number of aryl methyl sites for hydroxylation is 1. The van der Waals surface area contributed by atoms with E-state index in [1.165, 1.54) is 16.7 Å². The molecule has 0 aliphatic heterocycles. The SMILES string of the molecule is COc1cccc2c1[C@H]1[C@@H]3C(=CC[C@H]1C2=O)CCc1ccccc13. The minimum absolute atomic E-state index is 0.0659. The molecule has 0 heterocycles. The highest BCUT2D eigenvalue weighted by Crippen LogP contribution is 2.58. The molecule has 3 atom stereocenters. The van der Waals surface area contributed by atoms with E-state index < -0.39 is 0 Å². The van der Waals surface area contributed by atoms with Crippen LogP contribution in [0.1, 0.15) is 51.7 Å². The molecule has 0 N–H and O–H groups in total. The summed E-state index contributed by atoms with van der Waals surface area (Å²) in [5, 5.41) is 0. The molecule has 0 spiro atoms. The second kappa shape index (κ2) is 5.07. The molecule has 0 radical (unpaired) electrons. The molecule has 3 aliphatic carbocycles. The van der Waals surface area contributed by atoms with Gasteiger partial charge in [0.25, 0.3) is 0 Å². The van der Waals surface area contributed by atoms with E-state index in [1.54, 1.807) is 7.11 Å². The van der Waals surface area contributed by atoms with Gasteiger partial charge in [-0.05, 0) is 36.5 Å². The van der Waals surface area contributed by atoms with Crippen molar-refractivity contribution >= 4 is 5.78 Å². The molecule has 0 saturated heterocycles. The van der Waals surface area contributed by atoms with Gasteiger partial charge in [-0.15, -0.1) is 0 Å². The van der Waals surface area contributed by atoms with Gasteiger partial charge in [0.2, 0.25) is 0 Å². The maximum Gasteiger partial charge on any atom is 0.167 e. The molecule has 0 aromatic heterocycles. The Labute approximate surface area is 142 Å². The van der Waals surface area contributed by atoms with Gasteiger partial charge in [0.05, 0.1) is 7.11 Å². The van der Waals surface area contributed by atoms with Crippen LogP contribution in [-0.4, -0.2) is 12.9 Å². The van der Waals surface area contributed by atoms with Crippen molar-refractivity contribution in [3.05, 3.63) is 76.4 Å². The van der Waals surface area contributed by atoms with Crippen LogP contribution in [0.2, 0.25) is 0 Å². The average molecular weight is 316 g/mol. The number of ketones is 1. The molecular weight excluding hydrogens is 296 g/mol. The number of methoxy groups -OCH3 is 1. The second-order valence-corrected chi connectivity index (χ2v) is 7.11. The van der Waals surface area contributed by atoms with Crippen molar-refractivity contribution in [2.45, 2.75) is 31.1 Å². The first kappa shape index (κ1) is 14.0. The monoisotopic (exact) mass is 316 g/mol. The van der Waals surface area contributed by atoms with Gasteiger partial charge >= 0.3 is 0 Å². The number of allylic oxidation sites excluding steroid dienone is 2. The van der Waals surface area contributed by atoms with E-state index in [2.05, 4.69) is 30.3 Å². The van der Waals surface area contributed by atoms with Crippen molar-refractivity contribution < 1.29 is 9.53 Å². The highest BCUT2D eigenvalue weighted by Gasteiger charge is 2.49. The number of rotatable bonds is 1. The maximum atomic E-state index is 13.0. The van der Waals surface area contributed by atoms with E-state index in [0.717, 1.165) is 36.1 Å². The van der Waals surface area contributed by atoms with E-state index in [4.69, 9.17) is 4.74 Å². The molecule has 0 bridgehead atoms. The zero-order chi connectivity index (χ0) is 16.3. The molecule has 0 saturated carbocycles. The lowest BCUT2D eigenvalue weighted by Crippen LogP contribution is -2.28. The predicted octanol–water partition coefficient (Wildman–Crippen LogP) is 4.65. The van der Waals surface area contributed by atoms with Crippen LogP contribution >= 0.6 is 0 Å². The average Bonchev–Trinajstić information content (AvgIpc) is 2.94. The first-order chi connectivity index (χ1) is 11.8. The van der Waals surface area contributed by atoms with Gasteiger partial charge in [0.15, 0.2) is 5.78 Å². The molecule has 120 valence electrons.